The van der Waals surface area contributed by atoms with Crippen LogP contribution in [0.2, 0.25) is 0 Å². The van der Waals surface area contributed by atoms with E-state index in [0.29, 0.717) is 19.3 Å². The van der Waals surface area contributed by atoms with E-state index in [9.17, 15) is 15.0 Å². The summed E-state index contributed by atoms with van der Waals surface area (Å²) in [4.78, 5) is 11.6. The molecular formula is C13H14O4. The molecule has 2 fully saturated rings. The maximum absolute atomic E-state index is 11.6. The van der Waals surface area contributed by atoms with Crippen LogP contribution in [0.25, 0.3) is 0 Å². The van der Waals surface area contributed by atoms with Gasteiger partial charge in [0.15, 0.2) is 0 Å². The number of fused-ring (bicyclic) bond motifs is 2. The van der Waals surface area contributed by atoms with Crippen LogP contribution >= 0.6 is 0 Å². The zero-order valence-corrected chi connectivity index (χ0v) is 9.40. The molecule has 1 saturated heterocycles. The summed E-state index contributed by atoms with van der Waals surface area (Å²) in [6, 6.07) is 0. The van der Waals surface area contributed by atoms with Gasteiger partial charge in [-0.25, -0.2) is 0 Å². The standard InChI is InChI=1S/C13H14O4/c1-3-13(4-2)12(10(15)16)7-5-6-11(8-12,9-14)17-13/h1-2,14H,5-9H2,(H,15,16)/t11-,12+/m1/s1. The zero-order chi connectivity index (χ0) is 12.7. The summed E-state index contributed by atoms with van der Waals surface area (Å²) in [7, 11) is 0. The highest BCUT2D eigenvalue weighted by atomic mass is 16.5. The molecule has 0 unspecified atom stereocenters. The molecule has 0 aromatic carbocycles. The number of aliphatic carboxylic acids is 1. The molecule has 0 aromatic rings. The molecule has 1 saturated carbocycles. The summed E-state index contributed by atoms with van der Waals surface area (Å²) in [6.07, 6.45) is 12.6. The van der Waals surface area contributed by atoms with E-state index >= 15 is 0 Å². The normalized spacial score (nSPS) is 38.1. The Bertz CT molecular complexity index is 427. The van der Waals surface area contributed by atoms with E-state index in [1.807, 2.05) is 0 Å². The lowest BCUT2D eigenvalue weighted by Gasteiger charge is -2.35. The molecule has 2 N–H and O–H groups in total. The predicted molar refractivity (Wildman–Crippen MR) is 59.8 cm³/mol. The van der Waals surface area contributed by atoms with Gasteiger partial charge in [-0.2, -0.15) is 0 Å². The van der Waals surface area contributed by atoms with Crippen molar-refractivity contribution in [2.45, 2.75) is 36.9 Å². The Labute approximate surface area is 100.0 Å². The van der Waals surface area contributed by atoms with Crippen LogP contribution in [0.1, 0.15) is 25.7 Å². The molecule has 2 atom stereocenters. The van der Waals surface area contributed by atoms with E-state index in [1.165, 1.54) is 0 Å². The highest BCUT2D eigenvalue weighted by molar-refractivity contribution is 5.80. The van der Waals surface area contributed by atoms with Gasteiger partial charge in [-0.05, 0) is 25.7 Å². The van der Waals surface area contributed by atoms with E-state index in [1.54, 1.807) is 0 Å². The summed E-state index contributed by atoms with van der Waals surface area (Å²) in [5, 5.41) is 18.9. The molecule has 0 aromatic heterocycles. The minimum absolute atomic E-state index is 0.181. The number of carboxylic acid groups (broad SMARTS) is 1. The van der Waals surface area contributed by atoms with E-state index in [-0.39, 0.29) is 13.0 Å². The van der Waals surface area contributed by atoms with Gasteiger partial charge in [-0.15, -0.1) is 12.8 Å². The summed E-state index contributed by atoms with van der Waals surface area (Å²) >= 11 is 0. The first-order valence-corrected chi connectivity index (χ1v) is 5.50. The fourth-order valence-electron chi connectivity index (χ4n) is 3.13. The maximum atomic E-state index is 11.6. The number of hydrogen-bond donors (Lipinski definition) is 2. The SMILES string of the molecule is C#CC1(C#C)O[C@]2(CO)CCC[C@@]1(C(=O)O)C2. The van der Waals surface area contributed by atoms with Gasteiger partial charge in [0.1, 0.15) is 5.41 Å². The third kappa shape index (κ3) is 1.26. The van der Waals surface area contributed by atoms with Gasteiger partial charge < -0.3 is 14.9 Å². The Balaban J connectivity index is 2.59. The molecule has 0 spiro atoms. The number of terminal acetylenes is 2. The number of rotatable bonds is 2. The van der Waals surface area contributed by atoms with Crippen molar-refractivity contribution < 1.29 is 19.7 Å². The Morgan fingerprint density at radius 2 is 2.00 bits per heavy atom. The van der Waals surface area contributed by atoms with Crippen molar-refractivity contribution in [3.8, 4) is 24.7 Å². The average molecular weight is 234 g/mol. The maximum Gasteiger partial charge on any atom is 0.314 e. The number of aliphatic hydroxyl groups is 1. The van der Waals surface area contributed by atoms with Crippen LogP contribution in [0.5, 0.6) is 0 Å². The molecule has 0 radical (unpaired) electrons. The van der Waals surface area contributed by atoms with Gasteiger partial charge in [-0.1, -0.05) is 11.8 Å². The first kappa shape index (κ1) is 12.0. The van der Waals surface area contributed by atoms with Crippen LogP contribution < -0.4 is 0 Å². The lowest BCUT2D eigenvalue weighted by atomic mass is 9.63. The highest BCUT2D eigenvalue weighted by Crippen LogP contribution is 2.58. The molecule has 2 aliphatic rings. The topological polar surface area (TPSA) is 66.8 Å². The fourth-order valence-corrected chi connectivity index (χ4v) is 3.13. The molecule has 2 bridgehead atoms. The van der Waals surface area contributed by atoms with Crippen molar-refractivity contribution in [3.05, 3.63) is 0 Å². The van der Waals surface area contributed by atoms with Crippen molar-refractivity contribution in [1.82, 2.24) is 0 Å². The van der Waals surface area contributed by atoms with Gasteiger partial charge in [0.25, 0.3) is 0 Å². The number of carbonyl (C=O) groups is 1. The Hall–Kier alpha value is -1.49. The Morgan fingerprint density at radius 1 is 1.35 bits per heavy atom. The van der Waals surface area contributed by atoms with Crippen LogP contribution in [-0.4, -0.2) is 34.0 Å². The third-order valence-corrected chi connectivity index (χ3v) is 4.01. The van der Waals surface area contributed by atoms with Crippen molar-refractivity contribution in [1.29, 1.82) is 0 Å². The largest absolute Gasteiger partial charge is 0.481 e. The second-order valence-electron chi connectivity index (χ2n) is 4.83. The van der Waals surface area contributed by atoms with Crippen LogP contribution in [0.15, 0.2) is 0 Å². The number of aliphatic hydroxyl groups excluding tert-OH is 1. The molecular weight excluding hydrogens is 220 g/mol. The quantitative estimate of drug-likeness (QED) is 0.679. The van der Waals surface area contributed by atoms with Gasteiger partial charge in [0.05, 0.1) is 12.2 Å². The lowest BCUT2D eigenvalue weighted by molar-refractivity contribution is -0.154. The van der Waals surface area contributed by atoms with E-state index in [2.05, 4.69) is 11.8 Å². The summed E-state index contributed by atoms with van der Waals surface area (Å²) in [5.74, 6) is 3.62. The Morgan fingerprint density at radius 3 is 2.47 bits per heavy atom. The second-order valence-corrected chi connectivity index (χ2v) is 4.83. The molecule has 4 heteroatoms. The van der Waals surface area contributed by atoms with Gasteiger partial charge >= 0.3 is 5.97 Å². The van der Waals surface area contributed by atoms with E-state index in [4.69, 9.17) is 17.6 Å². The van der Waals surface area contributed by atoms with Crippen molar-refractivity contribution in [3.63, 3.8) is 0 Å². The monoisotopic (exact) mass is 234 g/mol. The average Bonchev–Trinajstić information content (AvgIpc) is 2.56. The first-order valence-electron chi connectivity index (χ1n) is 5.50. The number of ether oxygens (including phenoxy) is 1. The highest BCUT2D eigenvalue weighted by Gasteiger charge is 2.69. The van der Waals surface area contributed by atoms with Crippen LogP contribution in [0.4, 0.5) is 0 Å². The molecule has 1 aliphatic heterocycles. The summed E-state index contributed by atoms with van der Waals surface area (Å²) in [6.45, 7) is -0.257. The molecule has 90 valence electrons. The molecule has 2 rings (SSSR count). The van der Waals surface area contributed by atoms with E-state index in [0.717, 1.165) is 0 Å². The van der Waals surface area contributed by atoms with Gasteiger partial charge in [-0.3, -0.25) is 4.79 Å². The van der Waals surface area contributed by atoms with Crippen LogP contribution in [0, 0.1) is 30.1 Å². The number of carboxylic acids is 1. The first-order chi connectivity index (χ1) is 8.00. The van der Waals surface area contributed by atoms with Gasteiger partial charge in [0.2, 0.25) is 5.60 Å². The summed E-state index contributed by atoms with van der Waals surface area (Å²) < 4.78 is 5.67. The molecule has 4 nitrogen and oxygen atoms in total. The lowest BCUT2D eigenvalue weighted by Crippen LogP contribution is -2.48. The molecule has 1 heterocycles. The van der Waals surface area contributed by atoms with Crippen molar-refractivity contribution in [2.75, 3.05) is 6.61 Å². The third-order valence-electron chi connectivity index (χ3n) is 4.01. The smallest absolute Gasteiger partial charge is 0.314 e. The Kier molecular flexibility index (Phi) is 2.47. The van der Waals surface area contributed by atoms with Crippen LogP contribution in [-0.2, 0) is 9.53 Å². The fraction of sp³-hybridized carbons (Fsp3) is 0.615. The van der Waals surface area contributed by atoms with Crippen molar-refractivity contribution >= 4 is 5.97 Å². The minimum atomic E-state index is -1.54. The minimum Gasteiger partial charge on any atom is -0.481 e. The van der Waals surface area contributed by atoms with Crippen LogP contribution in [0.3, 0.4) is 0 Å². The molecule has 17 heavy (non-hydrogen) atoms. The molecule has 0 amide bonds. The van der Waals surface area contributed by atoms with Gasteiger partial charge in [0, 0.05) is 0 Å². The number of hydrogen-bond acceptors (Lipinski definition) is 3. The van der Waals surface area contributed by atoms with Crippen molar-refractivity contribution in [2.24, 2.45) is 5.41 Å². The zero-order valence-electron chi connectivity index (χ0n) is 9.40. The molecule has 1 aliphatic carbocycles. The predicted octanol–water partition coefficient (Wildman–Crippen LogP) is 0.398. The second kappa shape index (κ2) is 3.50. The summed E-state index contributed by atoms with van der Waals surface area (Å²) in [5.41, 5.74) is -3.70. The van der Waals surface area contributed by atoms with E-state index < -0.39 is 22.6 Å².